The second-order valence-corrected chi connectivity index (χ2v) is 6.31. The highest BCUT2D eigenvalue weighted by molar-refractivity contribution is 5.84. The van der Waals surface area contributed by atoms with Crippen LogP contribution in [0.15, 0.2) is 42.6 Å². The van der Waals surface area contributed by atoms with Crippen molar-refractivity contribution in [2.24, 2.45) is 0 Å². The molecule has 0 atom stereocenters. The lowest BCUT2D eigenvalue weighted by molar-refractivity contribution is -0.141. The van der Waals surface area contributed by atoms with Crippen LogP contribution in [-0.2, 0) is 6.18 Å². The van der Waals surface area contributed by atoms with Gasteiger partial charge in [-0.1, -0.05) is 13.8 Å². The first-order chi connectivity index (χ1) is 11.8. The highest BCUT2D eigenvalue weighted by atomic mass is 19.4. The maximum absolute atomic E-state index is 13.1. The van der Waals surface area contributed by atoms with E-state index in [1.54, 1.807) is 10.8 Å². The van der Waals surface area contributed by atoms with E-state index >= 15 is 0 Å². The molecule has 0 saturated carbocycles. The van der Waals surface area contributed by atoms with Gasteiger partial charge in [-0.25, -0.2) is 4.98 Å². The van der Waals surface area contributed by atoms with Gasteiger partial charge in [0.1, 0.15) is 11.3 Å². The van der Waals surface area contributed by atoms with Gasteiger partial charge in [0.15, 0.2) is 0 Å². The van der Waals surface area contributed by atoms with Crippen LogP contribution in [0.5, 0.6) is 0 Å². The molecule has 0 saturated heterocycles. The summed E-state index contributed by atoms with van der Waals surface area (Å²) in [6.07, 6.45) is -2.79. The Morgan fingerprint density at radius 3 is 2.56 bits per heavy atom. The Kier molecular flexibility index (Phi) is 3.35. The molecule has 0 spiro atoms. The fraction of sp³-hybridized carbons (Fsp3) is 0.222. The van der Waals surface area contributed by atoms with E-state index in [2.05, 4.69) is 15.2 Å². The molecule has 0 aliphatic carbocycles. The van der Waals surface area contributed by atoms with E-state index in [9.17, 15) is 13.2 Å². The average Bonchev–Trinajstić information content (AvgIpc) is 3.16. The molecule has 0 amide bonds. The van der Waals surface area contributed by atoms with Crippen molar-refractivity contribution in [3.63, 3.8) is 0 Å². The van der Waals surface area contributed by atoms with Crippen molar-refractivity contribution in [2.45, 2.75) is 25.9 Å². The van der Waals surface area contributed by atoms with E-state index in [0.717, 1.165) is 28.4 Å². The van der Waals surface area contributed by atoms with Crippen molar-refractivity contribution in [1.82, 2.24) is 19.7 Å². The number of rotatable bonds is 2. The van der Waals surface area contributed by atoms with E-state index in [-0.39, 0.29) is 5.92 Å². The number of benzene rings is 1. The lowest BCUT2D eigenvalue weighted by atomic mass is 10.1. The van der Waals surface area contributed by atoms with Crippen LogP contribution >= 0.6 is 0 Å². The number of H-pyrrole nitrogens is 1. The van der Waals surface area contributed by atoms with Crippen molar-refractivity contribution in [3.8, 4) is 5.69 Å². The van der Waals surface area contributed by atoms with Crippen molar-refractivity contribution in [1.29, 1.82) is 0 Å². The highest BCUT2D eigenvalue weighted by Gasteiger charge is 2.33. The second kappa shape index (κ2) is 5.34. The van der Waals surface area contributed by atoms with E-state index in [4.69, 9.17) is 0 Å². The van der Waals surface area contributed by atoms with E-state index < -0.39 is 11.9 Å². The van der Waals surface area contributed by atoms with E-state index in [0.29, 0.717) is 11.0 Å². The van der Waals surface area contributed by atoms with Gasteiger partial charge in [-0.3, -0.25) is 9.67 Å². The van der Waals surface area contributed by atoms with Gasteiger partial charge in [-0.15, -0.1) is 0 Å². The molecule has 0 bridgehead atoms. The van der Waals surface area contributed by atoms with Crippen LogP contribution in [0.2, 0.25) is 0 Å². The maximum atomic E-state index is 13.1. The predicted molar refractivity (Wildman–Crippen MR) is 89.8 cm³/mol. The minimum atomic E-state index is -4.48. The first-order valence-electron chi connectivity index (χ1n) is 7.87. The van der Waals surface area contributed by atoms with Crippen LogP contribution in [0.4, 0.5) is 13.2 Å². The first-order valence-corrected chi connectivity index (χ1v) is 7.87. The summed E-state index contributed by atoms with van der Waals surface area (Å²) in [6.45, 7) is 4.01. The summed E-state index contributed by atoms with van der Waals surface area (Å²) in [5, 5.41) is 8.44. The fourth-order valence-corrected chi connectivity index (χ4v) is 3.02. The van der Waals surface area contributed by atoms with Crippen LogP contribution in [0.25, 0.3) is 27.6 Å². The van der Waals surface area contributed by atoms with Gasteiger partial charge in [0.2, 0.25) is 0 Å². The molecule has 4 nitrogen and oxygen atoms in total. The summed E-state index contributed by atoms with van der Waals surface area (Å²) in [5.41, 5.74) is 1.96. The number of pyridine rings is 1. The second-order valence-electron chi connectivity index (χ2n) is 6.31. The van der Waals surface area contributed by atoms with Crippen molar-refractivity contribution >= 4 is 21.9 Å². The predicted octanol–water partition coefficient (Wildman–Crippen LogP) is 5.04. The largest absolute Gasteiger partial charge is 0.433 e. The molecule has 3 aromatic heterocycles. The summed E-state index contributed by atoms with van der Waals surface area (Å²) in [4.78, 5) is 3.91. The van der Waals surface area contributed by atoms with Crippen LogP contribution < -0.4 is 0 Å². The maximum Gasteiger partial charge on any atom is 0.433 e. The molecule has 1 N–H and O–H groups in total. The molecule has 0 unspecified atom stereocenters. The van der Waals surface area contributed by atoms with Crippen LogP contribution in [0.3, 0.4) is 0 Å². The van der Waals surface area contributed by atoms with Crippen molar-refractivity contribution in [3.05, 3.63) is 54.0 Å². The fourth-order valence-electron chi connectivity index (χ4n) is 3.02. The molecule has 3 heterocycles. The Bertz CT molecular complexity index is 1070. The third-order valence-electron chi connectivity index (χ3n) is 4.24. The number of fused-ring (bicyclic) bond motifs is 2. The van der Waals surface area contributed by atoms with Gasteiger partial charge in [0.25, 0.3) is 0 Å². The quantitative estimate of drug-likeness (QED) is 0.553. The molecule has 0 radical (unpaired) electrons. The molecule has 25 heavy (non-hydrogen) atoms. The monoisotopic (exact) mass is 344 g/mol. The SMILES string of the molecule is CC(C)c1cc2ccc(C(F)(F)F)nc2n1-c1ccc2[nH]ncc2c1. The van der Waals surface area contributed by atoms with Crippen LogP contribution in [0, 0.1) is 0 Å². The number of hydrogen-bond donors (Lipinski definition) is 1. The topological polar surface area (TPSA) is 46.5 Å². The molecule has 7 heteroatoms. The van der Waals surface area contributed by atoms with Crippen LogP contribution in [0.1, 0.15) is 31.2 Å². The standard InChI is InChI=1S/C18H15F3N4/c1-10(2)15-8-11-3-6-16(18(19,20)21)23-17(11)25(15)13-4-5-14-12(7-13)9-22-24-14/h3-10H,1-2H3,(H,22,24). The number of nitrogens with one attached hydrogen (secondary N) is 1. The van der Waals surface area contributed by atoms with E-state index in [1.807, 2.05) is 38.1 Å². The Hall–Kier alpha value is -2.83. The Morgan fingerprint density at radius 2 is 1.84 bits per heavy atom. The van der Waals surface area contributed by atoms with Gasteiger partial charge in [-0.05, 0) is 42.3 Å². The molecule has 4 rings (SSSR count). The molecule has 128 valence electrons. The summed E-state index contributed by atoms with van der Waals surface area (Å²) in [7, 11) is 0. The van der Waals surface area contributed by atoms with Gasteiger partial charge < -0.3 is 0 Å². The van der Waals surface area contributed by atoms with Crippen molar-refractivity contribution in [2.75, 3.05) is 0 Å². The Balaban J connectivity index is 2.03. The number of hydrogen-bond acceptors (Lipinski definition) is 2. The zero-order valence-electron chi connectivity index (χ0n) is 13.6. The minimum absolute atomic E-state index is 0.128. The zero-order chi connectivity index (χ0) is 17.8. The van der Waals surface area contributed by atoms with Gasteiger partial charge in [0.05, 0.1) is 11.7 Å². The minimum Gasteiger partial charge on any atom is -0.298 e. The summed E-state index contributed by atoms with van der Waals surface area (Å²) in [6, 6.07) is 10.0. The normalized spacial score (nSPS) is 12.6. The third kappa shape index (κ3) is 2.56. The molecular weight excluding hydrogens is 329 g/mol. The number of halogens is 3. The van der Waals surface area contributed by atoms with Crippen LogP contribution in [-0.4, -0.2) is 19.7 Å². The summed E-state index contributed by atoms with van der Waals surface area (Å²) in [5.74, 6) is 0.128. The molecule has 0 aliphatic rings. The lowest BCUT2D eigenvalue weighted by Crippen LogP contribution is -2.09. The third-order valence-corrected chi connectivity index (χ3v) is 4.24. The molecule has 1 aromatic carbocycles. The smallest absolute Gasteiger partial charge is 0.298 e. The number of aromatic nitrogens is 4. The molecule has 0 fully saturated rings. The van der Waals surface area contributed by atoms with Crippen molar-refractivity contribution < 1.29 is 13.2 Å². The summed E-state index contributed by atoms with van der Waals surface area (Å²) >= 11 is 0. The zero-order valence-corrected chi connectivity index (χ0v) is 13.6. The molecular formula is C18H15F3N4. The van der Waals surface area contributed by atoms with Gasteiger partial charge in [0, 0.05) is 22.2 Å². The number of alkyl halides is 3. The Labute approximate surface area is 141 Å². The number of aromatic amines is 1. The Morgan fingerprint density at radius 1 is 1.04 bits per heavy atom. The summed E-state index contributed by atoms with van der Waals surface area (Å²) < 4.78 is 41.1. The molecule has 4 aromatic rings. The average molecular weight is 344 g/mol. The highest BCUT2D eigenvalue weighted by Crippen LogP contribution is 2.33. The van der Waals surface area contributed by atoms with E-state index in [1.165, 1.54) is 6.07 Å². The first kappa shape index (κ1) is 15.7. The van der Waals surface area contributed by atoms with Gasteiger partial charge in [-0.2, -0.15) is 18.3 Å². The molecule has 0 aliphatic heterocycles. The lowest BCUT2D eigenvalue weighted by Gasteiger charge is -2.13. The van der Waals surface area contributed by atoms with Gasteiger partial charge >= 0.3 is 6.18 Å². The number of nitrogens with zero attached hydrogens (tertiary/aromatic N) is 3.